The largest absolute Gasteiger partial charge is 0.356 e. The molecule has 0 radical (unpaired) electrons. The van der Waals surface area contributed by atoms with E-state index in [2.05, 4.69) is 31.4 Å². The summed E-state index contributed by atoms with van der Waals surface area (Å²) in [5, 5.41) is 6.03. The van der Waals surface area contributed by atoms with Crippen LogP contribution in [-0.2, 0) is 4.79 Å². The SMILES string of the molecule is CCCCNC(=O)C(CNC)C(C)C. The Morgan fingerprint density at radius 2 is 2.00 bits per heavy atom. The minimum atomic E-state index is 0.0943. The molecule has 0 rings (SSSR count). The van der Waals surface area contributed by atoms with Gasteiger partial charge in [-0.2, -0.15) is 0 Å². The van der Waals surface area contributed by atoms with Gasteiger partial charge in [-0.05, 0) is 19.4 Å². The van der Waals surface area contributed by atoms with Gasteiger partial charge in [0.05, 0.1) is 5.92 Å². The van der Waals surface area contributed by atoms with Crippen molar-refractivity contribution in [3.05, 3.63) is 0 Å². The number of unbranched alkanes of at least 4 members (excludes halogenated alkanes) is 1. The van der Waals surface area contributed by atoms with Gasteiger partial charge in [0.2, 0.25) is 5.91 Å². The number of rotatable bonds is 7. The topological polar surface area (TPSA) is 41.1 Å². The molecule has 0 saturated heterocycles. The summed E-state index contributed by atoms with van der Waals surface area (Å²) >= 11 is 0. The highest BCUT2D eigenvalue weighted by Gasteiger charge is 2.20. The zero-order valence-electron chi connectivity index (χ0n) is 9.89. The first-order chi connectivity index (χ1) is 6.63. The number of amides is 1. The lowest BCUT2D eigenvalue weighted by Crippen LogP contribution is -2.39. The van der Waals surface area contributed by atoms with Crippen LogP contribution >= 0.6 is 0 Å². The van der Waals surface area contributed by atoms with Crippen molar-refractivity contribution in [2.24, 2.45) is 11.8 Å². The number of carbonyl (C=O) groups excluding carboxylic acids is 1. The van der Waals surface area contributed by atoms with E-state index in [0.29, 0.717) is 5.92 Å². The van der Waals surface area contributed by atoms with Crippen molar-refractivity contribution in [1.82, 2.24) is 10.6 Å². The molecule has 1 atom stereocenters. The van der Waals surface area contributed by atoms with Crippen molar-refractivity contribution < 1.29 is 4.79 Å². The zero-order valence-corrected chi connectivity index (χ0v) is 9.89. The summed E-state index contributed by atoms with van der Waals surface area (Å²) < 4.78 is 0. The second-order valence-electron chi connectivity index (χ2n) is 4.05. The number of hydrogen-bond acceptors (Lipinski definition) is 2. The molecule has 2 N–H and O–H groups in total. The van der Waals surface area contributed by atoms with E-state index in [9.17, 15) is 4.79 Å². The first-order valence-corrected chi connectivity index (χ1v) is 5.55. The van der Waals surface area contributed by atoms with Gasteiger partial charge in [0, 0.05) is 13.1 Å². The number of carbonyl (C=O) groups is 1. The summed E-state index contributed by atoms with van der Waals surface area (Å²) in [7, 11) is 1.88. The molecule has 0 aliphatic heterocycles. The van der Waals surface area contributed by atoms with E-state index in [1.54, 1.807) is 0 Å². The molecule has 0 saturated carbocycles. The van der Waals surface area contributed by atoms with Gasteiger partial charge in [0.25, 0.3) is 0 Å². The third-order valence-electron chi connectivity index (χ3n) is 2.40. The zero-order chi connectivity index (χ0) is 11.0. The smallest absolute Gasteiger partial charge is 0.224 e. The lowest BCUT2D eigenvalue weighted by atomic mass is 9.95. The predicted molar refractivity (Wildman–Crippen MR) is 60.2 cm³/mol. The summed E-state index contributed by atoms with van der Waals surface area (Å²) in [4.78, 5) is 11.7. The van der Waals surface area contributed by atoms with Gasteiger partial charge in [0.15, 0.2) is 0 Å². The maximum atomic E-state index is 11.7. The van der Waals surface area contributed by atoms with E-state index >= 15 is 0 Å². The van der Waals surface area contributed by atoms with E-state index in [-0.39, 0.29) is 11.8 Å². The van der Waals surface area contributed by atoms with Gasteiger partial charge in [0.1, 0.15) is 0 Å². The number of nitrogens with one attached hydrogen (secondary N) is 2. The van der Waals surface area contributed by atoms with Gasteiger partial charge in [-0.15, -0.1) is 0 Å². The van der Waals surface area contributed by atoms with Crippen LogP contribution in [0.15, 0.2) is 0 Å². The van der Waals surface area contributed by atoms with Crippen LogP contribution < -0.4 is 10.6 Å². The average Bonchev–Trinajstić information content (AvgIpc) is 2.13. The summed E-state index contributed by atoms with van der Waals surface area (Å²) in [6, 6.07) is 0. The molecule has 0 heterocycles. The van der Waals surface area contributed by atoms with Crippen molar-refractivity contribution in [1.29, 1.82) is 0 Å². The molecule has 0 aliphatic rings. The fraction of sp³-hybridized carbons (Fsp3) is 0.909. The van der Waals surface area contributed by atoms with E-state index in [0.717, 1.165) is 25.9 Å². The van der Waals surface area contributed by atoms with Gasteiger partial charge in [-0.25, -0.2) is 0 Å². The lowest BCUT2D eigenvalue weighted by molar-refractivity contribution is -0.126. The molecule has 0 bridgehead atoms. The molecule has 14 heavy (non-hydrogen) atoms. The van der Waals surface area contributed by atoms with Crippen LogP contribution in [0.5, 0.6) is 0 Å². The highest BCUT2D eigenvalue weighted by molar-refractivity contribution is 5.79. The van der Waals surface area contributed by atoms with Gasteiger partial charge < -0.3 is 10.6 Å². The Labute approximate surface area is 87.6 Å². The summed E-state index contributed by atoms with van der Waals surface area (Å²) in [6.45, 7) is 7.86. The van der Waals surface area contributed by atoms with E-state index in [1.165, 1.54) is 0 Å². The Kier molecular flexibility index (Phi) is 7.48. The summed E-state index contributed by atoms with van der Waals surface area (Å²) in [6.07, 6.45) is 2.19. The van der Waals surface area contributed by atoms with Crippen molar-refractivity contribution in [2.45, 2.75) is 33.6 Å². The molecule has 0 aromatic carbocycles. The molecule has 1 unspecified atom stereocenters. The van der Waals surface area contributed by atoms with Crippen LogP contribution in [0, 0.1) is 11.8 Å². The van der Waals surface area contributed by atoms with Crippen LogP contribution in [0.2, 0.25) is 0 Å². The van der Waals surface area contributed by atoms with Crippen molar-refractivity contribution in [3.63, 3.8) is 0 Å². The molecule has 3 heteroatoms. The van der Waals surface area contributed by atoms with Crippen LogP contribution in [0.4, 0.5) is 0 Å². The molecular weight excluding hydrogens is 176 g/mol. The highest BCUT2D eigenvalue weighted by atomic mass is 16.1. The van der Waals surface area contributed by atoms with Crippen LogP contribution in [0.1, 0.15) is 33.6 Å². The fourth-order valence-corrected chi connectivity index (χ4v) is 1.37. The molecule has 0 fully saturated rings. The predicted octanol–water partition coefficient (Wildman–Crippen LogP) is 1.39. The third-order valence-corrected chi connectivity index (χ3v) is 2.40. The highest BCUT2D eigenvalue weighted by Crippen LogP contribution is 2.09. The minimum absolute atomic E-state index is 0.0943. The maximum Gasteiger partial charge on any atom is 0.224 e. The molecule has 0 aromatic rings. The first-order valence-electron chi connectivity index (χ1n) is 5.55. The standard InChI is InChI=1S/C11H24N2O/c1-5-6-7-13-11(14)10(8-12-4)9(2)3/h9-10,12H,5-8H2,1-4H3,(H,13,14). The van der Waals surface area contributed by atoms with Crippen LogP contribution in [-0.4, -0.2) is 26.0 Å². The van der Waals surface area contributed by atoms with Gasteiger partial charge >= 0.3 is 0 Å². The van der Waals surface area contributed by atoms with Gasteiger partial charge in [-0.3, -0.25) is 4.79 Å². The van der Waals surface area contributed by atoms with E-state index in [1.807, 2.05) is 7.05 Å². The van der Waals surface area contributed by atoms with E-state index in [4.69, 9.17) is 0 Å². The van der Waals surface area contributed by atoms with E-state index < -0.39 is 0 Å². The Morgan fingerprint density at radius 3 is 2.43 bits per heavy atom. The second kappa shape index (κ2) is 7.80. The van der Waals surface area contributed by atoms with Crippen molar-refractivity contribution in [2.75, 3.05) is 20.1 Å². The molecule has 3 nitrogen and oxygen atoms in total. The van der Waals surface area contributed by atoms with Crippen molar-refractivity contribution >= 4 is 5.91 Å². The second-order valence-corrected chi connectivity index (χ2v) is 4.05. The third kappa shape index (κ3) is 5.22. The quantitative estimate of drug-likeness (QED) is 0.610. The first kappa shape index (κ1) is 13.4. The Hall–Kier alpha value is -0.570. The van der Waals surface area contributed by atoms with Crippen LogP contribution in [0.3, 0.4) is 0 Å². The molecule has 84 valence electrons. The molecule has 0 spiro atoms. The maximum absolute atomic E-state index is 11.7. The molecular formula is C11H24N2O. The normalized spacial score (nSPS) is 12.9. The van der Waals surface area contributed by atoms with Crippen molar-refractivity contribution in [3.8, 4) is 0 Å². The Bertz CT molecular complexity index is 157. The Morgan fingerprint density at radius 1 is 1.36 bits per heavy atom. The lowest BCUT2D eigenvalue weighted by Gasteiger charge is -2.19. The number of hydrogen-bond donors (Lipinski definition) is 2. The molecule has 1 amide bonds. The Balaban J connectivity index is 3.89. The summed E-state index contributed by atoms with van der Waals surface area (Å²) in [5.41, 5.74) is 0. The minimum Gasteiger partial charge on any atom is -0.356 e. The van der Waals surface area contributed by atoms with Gasteiger partial charge in [-0.1, -0.05) is 27.2 Å². The summed E-state index contributed by atoms with van der Waals surface area (Å²) in [5.74, 6) is 0.670. The average molecular weight is 200 g/mol. The fourth-order valence-electron chi connectivity index (χ4n) is 1.37. The van der Waals surface area contributed by atoms with Crippen LogP contribution in [0.25, 0.3) is 0 Å². The monoisotopic (exact) mass is 200 g/mol. The molecule has 0 aromatic heterocycles. The molecule has 0 aliphatic carbocycles.